The lowest BCUT2D eigenvalue weighted by molar-refractivity contribution is -0.142. The molecule has 5 nitrogen and oxygen atoms in total. The summed E-state index contributed by atoms with van der Waals surface area (Å²) in [5.41, 5.74) is 0.795. The highest BCUT2D eigenvalue weighted by Gasteiger charge is 2.33. The monoisotopic (exact) mass is 258 g/mol. The van der Waals surface area contributed by atoms with Crippen LogP contribution in [0.2, 0.25) is 0 Å². The van der Waals surface area contributed by atoms with Gasteiger partial charge in [0.15, 0.2) is 0 Å². The Morgan fingerprint density at radius 2 is 2.16 bits per heavy atom. The fourth-order valence-corrected chi connectivity index (χ4v) is 2.41. The Morgan fingerprint density at radius 3 is 2.84 bits per heavy atom. The van der Waals surface area contributed by atoms with Gasteiger partial charge in [-0.05, 0) is 31.0 Å². The van der Waals surface area contributed by atoms with E-state index in [2.05, 4.69) is 5.32 Å². The number of hydrogen-bond acceptors (Lipinski definition) is 3. The molecule has 5 heteroatoms. The predicted octanol–water partition coefficient (Wildman–Crippen LogP) is 1.54. The minimum absolute atomic E-state index is 0.323. The Morgan fingerprint density at radius 1 is 1.37 bits per heavy atom. The summed E-state index contributed by atoms with van der Waals surface area (Å²) in [6.07, 6.45) is 2.08. The maximum absolute atomic E-state index is 12.0. The third-order valence-electron chi connectivity index (χ3n) is 3.40. The van der Waals surface area contributed by atoms with Gasteiger partial charge in [-0.1, -0.05) is 12.5 Å². The quantitative estimate of drug-likeness (QED) is 0.860. The van der Waals surface area contributed by atoms with Gasteiger partial charge in [-0.15, -0.1) is 0 Å². The lowest BCUT2D eigenvalue weighted by Crippen LogP contribution is -2.40. The average Bonchev–Trinajstić information content (AvgIpc) is 2.87. The molecule has 0 saturated heterocycles. The van der Waals surface area contributed by atoms with Crippen molar-refractivity contribution < 1.29 is 14.7 Å². The van der Waals surface area contributed by atoms with Crippen LogP contribution in [-0.2, 0) is 4.79 Å². The van der Waals surface area contributed by atoms with Crippen LogP contribution in [0.4, 0.5) is 0 Å². The SMILES string of the molecule is N#Cc1cccc(C(=O)NC2CCCC2C(=O)O)c1. The third-order valence-corrected chi connectivity index (χ3v) is 3.40. The highest BCUT2D eigenvalue weighted by atomic mass is 16.4. The Balaban J connectivity index is 2.08. The molecule has 0 bridgehead atoms. The van der Waals surface area contributed by atoms with Crippen LogP contribution in [0.3, 0.4) is 0 Å². The van der Waals surface area contributed by atoms with Crippen molar-refractivity contribution in [1.82, 2.24) is 5.32 Å². The van der Waals surface area contributed by atoms with Crippen molar-refractivity contribution in [3.63, 3.8) is 0 Å². The van der Waals surface area contributed by atoms with Gasteiger partial charge in [0, 0.05) is 11.6 Å². The Labute approximate surface area is 110 Å². The second-order valence-corrected chi connectivity index (χ2v) is 4.65. The molecule has 0 aromatic heterocycles. The van der Waals surface area contributed by atoms with Gasteiger partial charge < -0.3 is 10.4 Å². The van der Waals surface area contributed by atoms with Crippen LogP contribution in [0, 0.1) is 17.2 Å². The maximum Gasteiger partial charge on any atom is 0.308 e. The third kappa shape index (κ3) is 2.91. The standard InChI is InChI=1S/C14H14N2O3/c15-8-9-3-1-4-10(7-9)13(17)16-12-6-2-5-11(12)14(18)19/h1,3-4,7,11-12H,2,5-6H2,(H,16,17)(H,18,19). The molecule has 1 fully saturated rings. The van der Waals surface area contributed by atoms with E-state index in [4.69, 9.17) is 10.4 Å². The molecular weight excluding hydrogens is 244 g/mol. The second-order valence-electron chi connectivity index (χ2n) is 4.65. The number of hydrogen-bond donors (Lipinski definition) is 2. The molecule has 19 heavy (non-hydrogen) atoms. The summed E-state index contributed by atoms with van der Waals surface area (Å²) in [6, 6.07) is 8.01. The van der Waals surface area contributed by atoms with E-state index < -0.39 is 11.9 Å². The Kier molecular flexibility index (Phi) is 3.81. The molecule has 98 valence electrons. The van der Waals surface area contributed by atoms with Crippen LogP contribution in [0.25, 0.3) is 0 Å². The lowest BCUT2D eigenvalue weighted by atomic mass is 10.0. The number of nitrogens with zero attached hydrogens (tertiary/aromatic N) is 1. The molecule has 1 amide bonds. The molecule has 0 heterocycles. The number of amides is 1. The first-order valence-corrected chi connectivity index (χ1v) is 6.15. The van der Waals surface area contributed by atoms with Crippen molar-refractivity contribution in [2.45, 2.75) is 25.3 Å². The molecule has 2 unspecified atom stereocenters. The number of nitrogens with one attached hydrogen (secondary N) is 1. The molecule has 1 aliphatic carbocycles. The largest absolute Gasteiger partial charge is 0.481 e. The number of aliphatic carboxylic acids is 1. The van der Waals surface area contributed by atoms with E-state index in [0.717, 1.165) is 6.42 Å². The normalized spacial score (nSPS) is 21.6. The highest BCUT2D eigenvalue weighted by Crippen LogP contribution is 2.26. The van der Waals surface area contributed by atoms with Gasteiger partial charge in [-0.2, -0.15) is 5.26 Å². The minimum atomic E-state index is -0.867. The fourth-order valence-electron chi connectivity index (χ4n) is 2.41. The number of rotatable bonds is 3. The summed E-state index contributed by atoms with van der Waals surface area (Å²) >= 11 is 0. The van der Waals surface area contributed by atoms with E-state index >= 15 is 0 Å². The average molecular weight is 258 g/mol. The summed E-state index contributed by atoms with van der Waals surface area (Å²) in [7, 11) is 0. The number of carbonyl (C=O) groups is 2. The van der Waals surface area contributed by atoms with E-state index in [1.165, 1.54) is 6.07 Å². The summed E-state index contributed by atoms with van der Waals surface area (Å²) in [5.74, 6) is -1.70. The molecule has 1 saturated carbocycles. The van der Waals surface area contributed by atoms with E-state index in [-0.39, 0.29) is 11.9 Å². The van der Waals surface area contributed by atoms with Gasteiger partial charge in [0.25, 0.3) is 5.91 Å². The van der Waals surface area contributed by atoms with Gasteiger partial charge in [0.2, 0.25) is 0 Å². The molecule has 2 rings (SSSR count). The number of carboxylic acids is 1. The van der Waals surface area contributed by atoms with Crippen molar-refractivity contribution in [1.29, 1.82) is 5.26 Å². The van der Waals surface area contributed by atoms with Crippen molar-refractivity contribution in [3.05, 3.63) is 35.4 Å². The zero-order chi connectivity index (χ0) is 13.8. The first kappa shape index (κ1) is 13.1. The van der Waals surface area contributed by atoms with Crippen molar-refractivity contribution in [2.75, 3.05) is 0 Å². The molecule has 0 aliphatic heterocycles. The molecule has 2 N–H and O–H groups in total. The summed E-state index contributed by atoms with van der Waals surface area (Å²) in [6.45, 7) is 0. The van der Waals surface area contributed by atoms with Gasteiger partial charge in [0.05, 0.1) is 17.6 Å². The van der Waals surface area contributed by atoms with Crippen LogP contribution in [0.5, 0.6) is 0 Å². The van der Waals surface area contributed by atoms with Crippen LogP contribution in [0.15, 0.2) is 24.3 Å². The van der Waals surface area contributed by atoms with Gasteiger partial charge >= 0.3 is 5.97 Å². The molecule has 2 atom stereocenters. The smallest absolute Gasteiger partial charge is 0.308 e. The summed E-state index contributed by atoms with van der Waals surface area (Å²) in [5, 5.41) is 20.6. The first-order chi connectivity index (χ1) is 9.11. The molecule has 1 aromatic carbocycles. The molecule has 1 aliphatic rings. The predicted molar refractivity (Wildman–Crippen MR) is 67.4 cm³/mol. The zero-order valence-corrected chi connectivity index (χ0v) is 10.3. The van der Waals surface area contributed by atoms with Crippen molar-refractivity contribution >= 4 is 11.9 Å². The second kappa shape index (κ2) is 5.53. The van der Waals surface area contributed by atoms with Crippen LogP contribution in [0.1, 0.15) is 35.2 Å². The van der Waals surface area contributed by atoms with Crippen LogP contribution >= 0.6 is 0 Å². The molecular formula is C14H14N2O3. The number of carboxylic acid groups (broad SMARTS) is 1. The Hall–Kier alpha value is -2.35. The number of carbonyl (C=O) groups excluding carboxylic acids is 1. The molecule has 0 spiro atoms. The van der Waals surface area contributed by atoms with Crippen LogP contribution < -0.4 is 5.32 Å². The summed E-state index contributed by atoms with van der Waals surface area (Å²) < 4.78 is 0. The van der Waals surface area contributed by atoms with Gasteiger partial charge in [-0.3, -0.25) is 9.59 Å². The van der Waals surface area contributed by atoms with E-state index in [1.807, 2.05) is 6.07 Å². The lowest BCUT2D eigenvalue weighted by Gasteiger charge is -2.17. The number of nitriles is 1. The molecule has 0 radical (unpaired) electrons. The first-order valence-electron chi connectivity index (χ1n) is 6.15. The maximum atomic E-state index is 12.0. The van der Waals surface area contributed by atoms with Crippen molar-refractivity contribution in [2.24, 2.45) is 5.92 Å². The van der Waals surface area contributed by atoms with Crippen LogP contribution in [-0.4, -0.2) is 23.0 Å². The van der Waals surface area contributed by atoms with E-state index in [0.29, 0.717) is 24.0 Å². The Bertz CT molecular complexity index is 548. The topological polar surface area (TPSA) is 90.2 Å². The minimum Gasteiger partial charge on any atom is -0.481 e. The van der Waals surface area contributed by atoms with E-state index in [1.54, 1.807) is 18.2 Å². The zero-order valence-electron chi connectivity index (χ0n) is 10.3. The number of benzene rings is 1. The molecule has 1 aromatic rings. The van der Waals surface area contributed by atoms with Gasteiger partial charge in [0.1, 0.15) is 0 Å². The summed E-state index contributed by atoms with van der Waals surface area (Å²) in [4.78, 5) is 23.1. The highest BCUT2D eigenvalue weighted by molar-refractivity contribution is 5.95. The van der Waals surface area contributed by atoms with Crippen molar-refractivity contribution in [3.8, 4) is 6.07 Å². The van der Waals surface area contributed by atoms with E-state index in [9.17, 15) is 9.59 Å². The fraction of sp³-hybridized carbons (Fsp3) is 0.357. The van der Waals surface area contributed by atoms with Gasteiger partial charge in [-0.25, -0.2) is 0 Å².